The fourth-order valence-electron chi connectivity index (χ4n) is 1.75. The van der Waals surface area contributed by atoms with Crippen LogP contribution < -0.4 is 4.72 Å². The molecule has 3 nitrogen and oxygen atoms in total. The average molecular weight is 437 g/mol. The molecule has 2 aromatic rings. The number of halogens is 3. The molecule has 0 amide bonds. The van der Waals surface area contributed by atoms with Crippen molar-refractivity contribution in [2.45, 2.75) is 18.7 Å². The topological polar surface area (TPSA) is 46.2 Å². The summed E-state index contributed by atoms with van der Waals surface area (Å²) >= 11 is 6.53. The van der Waals surface area contributed by atoms with Crippen molar-refractivity contribution in [3.8, 4) is 0 Å². The summed E-state index contributed by atoms with van der Waals surface area (Å²) in [5, 5.41) is 0. The van der Waals surface area contributed by atoms with Crippen LogP contribution in [0.5, 0.6) is 0 Å². The fraction of sp³-hybridized carbons (Fsp3) is 0.143. The molecule has 0 aromatic heterocycles. The molecule has 2 rings (SSSR count). The molecule has 0 heterocycles. The number of nitrogens with one attached hydrogen (secondary N) is 1. The highest BCUT2D eigenvalue weighted by Crippen LogP contribution is 2.30. The van der Waals surface area contributed by atoms with Gasteiger partial charge >= 0.3 is 0 Å². The van der Waals surface area contributed by atoms with Crippen molar-refractivity contribution in [3.63, 3.8) is 0 Å². The highest BCUT2D eigenvalue weighted by Gasteiger charge is 2.20. The molecule has 1 N–H and O–H groups in total. The van der Waals surface area contributed by atoms with E-state index in [2.05, 4.69) is 36.6 Å². The quantitative estimate of drug-likeness (QED) is 0.753. The lowest BCUT2D eigenvalue weighted by Crippen LogP contribution is -2.15. The van der Waals surface area contributed by atoms with Crippen molar-refractivity contribution in [1.29, 1.82) is 0 Å². The first-order chi connectivity index (χ1) is 9.70. The number of aryl methyl sites for hydroxylation is 2. The smallest absolute Gasteiger partial charge is 0.263 e. The van der Waals surface area contributed by atoms with Crippen LogP contribution in [0, 0.1) is 19.7 Å². The van der Waals surface area contributed by atoms with Gasteiger partial charge in [0.05, 0.1) is 5.69 Å². The molecule has 0 aliphatic carbocycles. The third-order valence-electron chi connectivity index (χ3n) is 2.87. The van der Waals surface area contributed by atoms with Gasteiger partial charge in [-0.05, 0) is 65.2 Å². The second-order valence-electron chi connectivity index (χ2n) is 4.62. The van der Waals surface area contributed by atoms with Crippen LogP contribution in [0.15, 0.2) is 44.2 Å². The van der Waals surface area contributed by atoms with E-state index in [-0.39, 0.29) is 10.6 Å². The summed E-state index contributed by atoms with van der Waals surface area (Å²) in [4.78, 5) is 0.0425. The molecule has 0 fully saturated rings. The van der Waals surface area contributed by atoms with E-state index in [9.17, 15) is 12.8 Å². The van der Waals surface area contributed by atoms with Crippen LogP contribution in [-0.2, 0) is 10.0 Å². The minimum Gasteiger partial charge on any atom is -0.277 e. The standard InChI is InChI=1S/C14H12Br2FNO2S/c1-8-3-4-12(17)13(5-8)18-21(19,20)14-7-10(15)9(2)6-11(14)16/h3-7,18H,1-2H3. The number of hydrogen-bond donors (Lipinski definition) is 1. The summed E-state index contributed by atoms with van der Waals surface area (Å²) in [6.45, 7) is 3.61. The average Bonchev–Trinajstić information content (AvgIpc) is 2.37. The van der Waals surface area contributed by atoms with E-state index in [4.69, 9.17) is 0 Å². The van der Waals surface area contributed by atoms with Gasteiger partial charge in [-0.25, -0.2) is 12.8 Å². The summed E-state index contributed by atoms with van der Waals surface area (Å²) in [7, 11) is -3.89. The van der Waals surface area contributed by atoms with Crippen LogP contribution >= 0.6 is 31.9 Å². The highest BCUT2D eigenvalue weighted by atomic mass is 79.9. The van der Waals surface area contributed by atoms with E-state index < -0.39 is 15.8 Å². The molecule has 0 atom stereocenters. The molecule has 112 valence electrons. The van der Waals surface area contributed by atoms with Crippen molar-refractivity contribution in [1.82, 2.24) is 0 Å². The molecule has 7 heteroatoms. The Balaban J connectivity index is 2.48. The molecule has 21 heavy (non-hydrogen) atoms. The van der Waals surface area contributed by atoms with E-state index in [1.165, 1.54) is 18.2 Å². The first-order valence-electron chi connectivity index (χ1n) is 5.95. The van der Waals surface area contributed by atoms with Crippen LogP contribution in [0.3, 0.4) is 0 Å². The zero-order chi connectivity index (χ0) is 15.8. The number of hydrogen-bond acceptors (Lipinski definition) is 2. The lowest BCUT2D eigenvalue weighted by atomic mass is 10.2. The molecule has 0 saturated heterocycles. The molecular formula is C14H12Br2FNO2S. The van der Waals surface area contributed by atoms with Gasteiger partial charge < -0.3 is 0 Å². The monoisotopic (exact) mass is 435 g/mol. The largest absolute Gasteiger partial charge is 0.277 e. The predicted octanol–water partition coefficient (Wildman–Crippen LogP) is 4.77. The minimum absolute atomic E-state index is 0.0425. The van der Waals surface area contributed by atoms with E-state index in [0.29, 0.717) is 8.95 Å². The van der Waals surface area contributed by atoms with E-state index in [0.717, 1.165) is 11.1 Å². The summed E-state index contributed by atoms with van der Waals surface area (Å²) in [6, 6.07) is 7.42. The molecule has 0 radical (unpaired) electrons. The maximum atomic E-state index is 13.7. The molecule has 0 unspecified atom stereocenters. The Bertz CT molecular complexity index is 807. The Labute approximate surface area is 139 Å². The SMILES string of the molecule is Cc1ccc(F)c(NS(=O)(=O)c2cc(Br)c(C)cc2Br)c1. The lowest BCUT2D eigenvalue weighted by Gasteiger charge is -2.12. The van der Waals surface area contributed by atoms with Gasteiger partial charge in [0, 0.05) is 8.95 Å². The first kappa shape index (κ1) is 16.5. The maximum absolute atomic E-state index is 13.7. The normalized spacial score (nSPS) is 11.5. The van der Waals surface area contributed by atoms with Crippen LogP contribution in [0.2, 0.25) is 0 Å². The molecule has 0 spiro atoms. The van der Waals surface area contributed by atoms with E-state index in [1.54, 1.807) is 19.1 Å². The van der Waals surface area contributed by atoms with Crippen LogP contribution in [0.25, 0.3) is 0 Å². The molecular weight excluding hydrogens is 425 g/mol. The van der Waals surface area contributed by atoms with Gasteiger partial charge in [-0.1, -0.05) is 22.0 Å². The second-order valence-corrected chi connectivity index (χ2v) is 7.98. The van der Waals surface area contributed by atoms with Gasteiger partial charge in [0.15, 0.2) is 0 Å². The summed E-state index contributed by atoms with van der Waals surface area (Å²) in [5.74, 6) is -0.619. The number of benzene rings is 2. The fourth-order valence-corrected chi connectivity index (χ4v) is 4.49. The van der Waals surface area contributed by atoms with Crippen LogP contribution in [-0.4, -0.2) is 8.42 Å². The third kappa shape index (κ3) is 3.64. The number of rotatable bonds is 3. The Morgan fingerprint density at radius 3 is 2.38 bits per heavy atom. The summed E-state index contributed by atoms with van der Waals surface area (Å²) in [6.07, 6.45) is 0. The maximum Gasteiger partial charge on any atom is 0.263 e. The molecule has 2 aromatic carbocycles. The lowest BCUT2D eigenvalue weighted by molar-refractivity contribution is 0.598. The van der Waals surface area contributed by atoms with Gasteiger partial charge in [-0.15, -0.1) is 0 Å². The Morgan fingerprint density at radius 2 is 1.71 bits per heavy atom. The van der Waals surface area contributed by atoms with Crippen molar-refractivity contribution in [3.05, 3.63) is 56.2 Å². The summed E-state index contributed by atoms with van der Waals surface area (Å²) in [5.41, 5.74) is 1.58. The zero-order valence-corrected chi connectivity index (χ0v) is 15.2. The number of sulfonamides is 1. The molecule has 0 saturated carbocycles. The second kappa shape index (κ2) is 6.06. The first-order valence-corrected chi connectivity index (χ1v) is 9.02. The predicted molar refractivity (Wildman–Crippen MR) is 88.5 cm³/mol. The van der Waals surface area contributed by atoms with E-state index >= 15 is 0 Å². The Morgan fingerprint density at radius 1 is 1.05 bits per heavy atom. The third-order valence-corrected chi connectivity index (χ3v) is 6.05. The van der Waals surface area contributed by atoms with E-state index in [1.807, 2.05) is 6.92 Å². The van der Waals surface area contributed by atoms with Gasteiger partial charge in [-0.2, -0.15) is 0 Å². The van der Waals surface area contributed by atoms with Crippen molar-refractivity contribution in [2.24, 2.45) is 0 Å². The van der Waals surface area contributed by atoms with Crippen molar-refractivity contribution in [2.75, 3.05) is 4.72 Å². The molecule has 0 aliphatic heterocycles. The van der Waals surface area contributed by atoms with Gasteiger partial charge in [0.1, 0.15) is 10.7 Å². The Hall–Kier alpha value is -0.920. The minimum atomic E-state index is -3.89. The van der Waals surface area contributed by atoms with Crippen molar-refractivity contribution >= 4 is 47.6 Å². The van der Waals surface area contributed by atoms with Crippen molar-refractivity contribution < 1.29 is 12.8 Å². The zero-order valence-electron chi connectivity index (χ0n) is 11.2. The Kier molecular flexibility index (Phi) is 4.75. The van der Waals surface area contributed by atoms with Crippen LogP contribution in [0.4, 0.5) is 10.1 Å². The highest BCUT2D eigenvalue weighted by molar-refractivity contribution is 9.11. The molecule has 0 bridgehead atoms. The van der Waals surface area contributed by atoms with Gasteiger partial charge in [0.25, 0.3) is 10.0 Å². The van der Waals surface area contributed by atoms with Gasteiger partial charge in [0.2, 0.25) is 0 Å². The van der Waals surface area contributed by atoms with Crippen LogP contribution in [0.1, 0.15) is 11.1 Å². The summed E-state index contributed by atoms with van der Waals surface area (Å²) < 4.78 is 41.9. The molecule has 0 aliphatic rings. The van der Waals surface area contributed by atoms with Gasteiger partial charge in [-0.3, -0.25) is 4.72 Å². The number of anilines is 1.